The molecule has 27 heavy (non-hydrogen) atoms. The number of allylic oxidation sites excluding steroid dienone is 2. The molecule has 1 aromatic rings. The maximum atomic E-state index is 12.5. The zero-order valence-corrected chi connectivity index (χ0v) is 14.5. The number of methoxy groups -OCH3 is 1. The lowest BCUT2D eigenvalue weighted by Crippen LogP contribution is -2.38. The van der Waals surface area contributed by atoms with Crippen molar-refractivity contribution in [2.75, 3.05) is 19.0 Å². The summed E-state index contributed by atoms with van der Waals surface area (Å²) in [4.78, 5) is 38.0. The number of halogens is 2. The molecule has 0 spiro atoms. The first-order chi connectivity index (χ1) is 12.9. The fraction of sp³-hybridized carbons (Fsp3) is 0.389. The number of hydrogen-bond donors (Lipinski definition) is 1. The Hall–Kier alpha value is -2.97. The van der Waals surface area contributed by atoms with Crippen LogP contribution in [-0.4, -0.2) is 42.9 Å². The summed E-state index contributed by atoms with van der Waals surface area (Å²) in [6, 6.07) is 3.98. The molecular weight excluding hydrogens is 362 g/mol. The molecule has 0 radical (unpaired) electrons. The van der Waals surface area contributed by atoms with Gasteiger partial charge in [0.2, 0.25) is 17.7 Å². The molecule has 2 aliphatic rings. The fourth-order valence-corrected chi connectivity index (χ4v) is 3.31. The van der Waals surface area contributed by atoms with E-state index in [-0.39, 0.29) is 29.0 Å². The Balaban J connectivity index is 1.67. The summed E-state index contributed by atoms with van der Waals surface area (Å²) in [6.45, 7) is -3.48. The number of ether oxygens (including phenoxy) is 2. The molecule has 144 valence electrons. The number of likely N-dealkylation sites (tertiary alicyclic amines) is 1. The van der Waals surface area contributed by atoms with E-state index < -0.39 is 30.9 Å². The van der Waals surface area contributed by atoms with Crippen molar-refractivity contribution < 1.29 is 32.6 Å². The van der Waals surface area contributed by atoms with Crippen LogP contribution in [-0.2, 0) is 14.4 Å². The number of nitrogens with zero attached hydrogens (tertiary/aromatic N) is 1. The van der Waals surface area contributed by atoms with Gasteiger partial charge in [0.25, 0.3) is 0 Å². The highest BCUT2D eigenvalue weighted by molar-refractivity contribution is 6.08. The third kappa shape index (κ3) is 3.91. The fourth-order valence-electron chi connectivity index (χ4n) is 3.31. The highest BCUT2D eigenvalue weighted by atomic mass is 19.3. The highest BCUT2D eigenvalue weighted by Gasteiger charge is 2.47. The number of amides is 3. The van der Waals surface area contributed by atoms with Crippen molar-refractivity contribution in [3.8, 4) is 11.5 Å². The van der Waals surface area contributed by atoms with Crippen molar-refractivity contribution in [1.82, 2.24) is 4.90 Å². The molecule has 1 aromatic carbocycles. The molecule has 9 heteroatoms. The lowest BCUT2D eigenvalue weighted by molar-refractivity contribution is -0.142. The largest absolute Gasteiger partial charge is 0.493 e. The van der Waals surface area contributed by atoms with E-state index in [0.717, 1.165) is 4.90 Å². The van der Waals surface area contributed by atoms with Gasteiger partial charge in [0.15, 0.2) is 11.5 Å². The number of rotatable bonds is 6. The molecule has 0 saturated carbocycles. The lowest BCUT2D eigenvalue weighted by Gasteiger charge is -2.15. The van der Waals surface area contributed by atoms with Crippen molar-refractivity contribution >= 4 is 23.4 Å². The third-order valence-corrected chi connectivity index (χ3v) is 4.56. The van der Waals surface area contributed by atoms with E-state index in [1.165, 1.54) is 25.3 Å². The number of carbonyl (C=O) groups is 3. The molecule has 1 aliphatic heterocycles. The number of alkyl halides is 2. The summed E-state index contributed by atoms with van der Waals surface area (Å²) in [7, 11) is 1.30. The van der Waals surface area contributed by atoms with Gasteiger partial charge in [-0.05, 0) is 25.0 Å². The second-order valence-electron chi connectivity index (χ2n) is 6.21. The molecule has 0 bridgehead atoms. The number of anilines is 1. The van der Waals surface area contributed by atoms with Crippen LogP contribution in [0.2, 0.25) is 0 Å². The molecule has 1 saturated heterocycles. The van der Waals surface area contributed by atoms with Gasteiger partial charge in [0.1, 0.15) is 6.54 Å². The number of imide groups is 1. The SMILES string of the molecule is COc1ccc(NC(=O)CN2C(=O)C3CC=CCC3C2=O)cc1OC(F)F. The van der Waals surface area contributed by atoms with Crippen LogP contribution in [0.25, 0.3) is 0 Å². The van der Waals surface area contributed by atoms with Gasteiger partial charge in [-0.1, -0.05) is 12.2 Å². The van der Waals surface area contributed by atoms with Crippen LogP contribution in [0, 0.1) is 11.8 Å². The minimum absolute atomic E-state index is 0.0785. The predicted octanol–water partition coefficient (Wildman–Crippen LogP) is 2.19. The topological polar surface area (TPSA) is 84.9 Å². The van der Waals surface area contributed by atoms with Crippen LogP contribution >= 0.6 is 0 Å². The monoisotopic (exact) mass is 380 g/mol. The van der Waals surface area contributed by atoms with E-state index >= 15 is 0 Å². The van der Waals surface area contributed by atoms with E-state index in [1.807, 2.05) is 12.2 Å². The Kier molecular flexibility index (Phi) is 5.38. The van der Waals surface area contributed by atoms with E-state index in [0.29, 0.717) is 12.8 Å². The number of benzene rings is 1. The van der Waals surface area contributed by atoms with Crippen molar-refractivity contribution in [2.45, 2.75) is 19.5 Å². The molecule has 1 aliphatic carbocycles. The first-order valence-electron chi connectivity index (χ1n) is 8.33. The van der Waals surface area contributed by atoms with Crippen molar-refractivity contribution in [3.05, 3.63) is 30.4 Å². The minimum Gasteiger partial charge on any atom is -0.493 e. The van der Waals surface area contributed by atoms with Crippen LogP contribution < -0.4 is 14.8 Å². The molecule has 3 amide bonds. The van der Waals surface area contributed by atoms with Gasteiger partial charge in [0.05, 0.1) is 18.9 Å². The first kappa shape index (κ1) is 18.8. The van der Waals surface area contributed by atoms with Gasteiger partial charge in [-0.15, -0.1) is 0 Å². The summed E-state index contributed by atoms with van der Waals surface area (Å²) in [5.41, 5.74) is 0.176. The van der Waals surface area contributed by atoms with E-state index in [1.54, 1.807) is 0 Å². The van der Waals surface area contributed by atoms with Crippen LogP contribution in [0.1, 0.15) is 12.8 Å². The van der Waals surface area contributed by atoms with E-state index in [9.17, 15) is 23.2 Å². The number of carbonyl (C=O) groups excluding carboxylic acids is 3. The molecule has 1 heterocycles. The van der Waals surface area contributed by atoms with Gasteiger partial charge in [-0.3, -0.25) is 19.3 Å². The quantitative estimate of drug-likeness (QED) is 0.604. The summed E-state index contributed by atoms with van der Waals surface area (Å²) >= 11 is 0. The van der Waals surface area contributed by atoms with Gasteiger partial charge in [-0.25, -0.2) is 0 Å². The average Bonchev–Trinajstić information content (AvgIpc) is 2.87. The van der Waals surface area contributed by atoms with Crippen LogP contribution in [0.5, 0.6) is 11.5 Å². The molecule has 1 fully saturated rings. The summed E-state index contributed by atoms with van der Waals surface area (Å²) in [6.07, 6.45) is 4.69. The van der Waals surface area contributed by atoms with Gasteiger partial charge >= 0.3 is 6.61 Å². The van der Waals surface area contributed by atoms with Crippen LogP contribution in [0.15, 0.2) is 30.4 Å². The minimum atomic E-state index is -3.05. The lowest BCUT2D eigenvalue weighted by atomic mass is 9.85. The molecule has 7 nitrogen and oxygen atoms in total. The summed E-state index contributed by atoms with van der Waals surface area (Å²) < 4.78 is 34.2. The van der Waals surface area contributed by atoms with Crippen molar-refractivity contribution in [2.24, 2.45) is 11.8 Å². The van der Waals surface area contributed by atoms with E-state index in [4.69, 9.17) is 4.74 Å². The molecular formula is C18H18F2N2O5. The number of nitrogens with one attached hydrogen (secondary N) is 1. The molecule has 2 unspecified atom stereocenters. The zero-order chi connectivity index (χ0) is 19.6. The smallest absolute Gasteiger partial charge is 0.387 e. The second-order valence-corrected chi connectivity index (χ2v) is 6.21. The van der Waals surface area contributed by atoms with E-state index in [2.05, 4.69) is 10.1 Å². The Bertz CT molecular complexity index is 770. The van der Waals surface area contributed by atoms with Gasteiger partial charge in [0, 0.05) is 11.8 Å². The van der Waals surface area contributed by atoms with Crippen molar-refractivity contribution in [1.29, 1.82) is 0 Å². The average molecular weight is 380 g/mol. The van der Waals surface area contributed by atoms with Crippen molar-refractivity contribution in [3.63, 3.8) is 0 Å². The molecule has 2 atom stereocenters. The number of hydrogen-bond acceptors (Lipinski definition) is 5. The predicted molar refractivity (Wildman–Crippen MR) is 90.3 cm³/mol. The van der Waals surface area contributed by atoms with Gasteiger partial charge in [-0.2, -0.15) is 8.78 Å². The number of fused-ring (bicyclic) bond motifs is 1. The molecule has 3 rings (SSSR count). The Morgan fingerprint density at radius 3 is 2.37 bits per heavy atom. The first-order valence-corrected chi connectivity index (χ1v) is 8.33. The summed E-state index contributed by atoms with van der Waals surface area (Å²) in [5, 5.41) is 2.48. The van der Waals surface area contributed by atoms with Gasteiger partial charge < -0.3 is 14.8 Å². The Morgan fingerprint density at radius 1 is 1.19 bits per heavy atom. The zero-order valence-electron chi connectivity index (χ0n) is 14.5. The highest BCUT2D eigenvalue weighted by Crippen LogP contribution is 2.35. The molecule has 0 aromatic heterocycles. The van der Waals surface area contributed by atoms with Crippen LogP contribution in [0.3, 0.4) is 0 Å². The second kappa shape index (κ2) is 7.73. The maximum absolute atomic E-state index is 12.5. The Morgan fingerprint density at radius 2 is 1.81 bits per heavy atom. The maximum Gasteiger partial charge on any atom is 0.387 e. The van der Waals surface area contributed by atoms with Crippen LogP contribution in [0.4, 0.5) is 14.5 Å². The third-order valence-electron chi connectivity index (χ3n) is 4.56. The summed E-state index contributed by atoms with van der Waals surface area (Å²) in [5.74, 6) is -2.33. The molecule has 1 N–H and O–H groups in total. The Labute approximate surface area is 153 Å². The normalized spacial score (nSPS) is 21.4. The standard InChI is InChI=1S/C18H18F2N2O5/c1-26-13-7-6-10(8-14(13)27-18(19)20)21-15(23)9-22-16(24)11-4-2-3-5-12(11)17(22)25/h2-3,6-8,11-12,18H,4-5,9H2,1H3,(H,21,23).